The zero-order valence-electron chi connectivity index (χ0n) is 23.0. The second-order valence-electron chi connectivity index (χ2n) is 10.0. The highest BCUT2D eigenvalue weighted by Crippen LogP contribution is 2.20. The Morgan fingerprint density at radius 3 is 2.33 bits per heavy atom. The maximum Gasteiger partial charge on any atom is 0.348 e. The fourth-order valence-corrected chi connectivity index (χ4v) is 4.54. The molecule has 3 aromatic rings. The molecule has 0 aliphatic carbocycles. The lowest BCUT2D eigenvalue weighted by molar-refractivity contribution is -0.177. The van der Waals surface area contributed by atoms with Gasteiger partial charge in [0.05, 0.1) is 18.1 Å². The van der Waals surface area contributed by atoms with Gasteiger partial charge in [-0.25, -0.2) is 9.78 Å². The van der Waals surface area contributed by atoms with Crippen molar-refractivity contribution in [3.8, 4) is 5.75 Å². The Bertz CT molecular complexity index is 1400. The Morgan fingerprint density at radius 2 is 1.64 bits per heavy atom. The van der Waals surface area contributed by atoms with Crippen LogP contribution in [-0.2, 0) is 36.7 Å². The normalized spacial score (nSPS) is 25.2. The number of rotatable bonds is 6. The number of benzene rings is 1. The third kappa shape index (κ3) is 7.46. The molecule has 220 valence electrons. The molecular weight excluding hydrogens is 544 g/mol. The van der Waals surface area contributed by atoms with Gasteiger partial charge >= 0.3 is 11.9 Å². The Balaban J connectivity index is 1.69. The average Bonchev–Trinajstić information content (AvgIpc) is 2.99. The van der Waals surface area contributed by atoms with Gasteiger partial charge in [-0.15, -0.1) is 0 Å². The number of carbonyl (C=O) groups is 4. The van der Waals surface area contributed by atoms with Crippen LogP contribution in [0.3, 0.4) is 0 Å². The van der Waals surface area contributed by atoms with Crippen LogP contribution in [-0.4, -0.2) is 74.3 Å². The molecule has 4 N–H and O–H groups in total. The summed E-state index contributed by atoms with van der Waals surface area (Å²) in [6.07, 6.45) is 0.379. The van der Waals surface area contributed by atoms with E-state index in [0.29, 0.717) is 11.1 Å². The SMILES string of the molecule is C[C@H]1OC(=O)C(Cc2ccccc2)OC(=O)[C@H](C)[C@H](O)[C@H](Cc2cccnc2)NC(=O)[C@H]1NC(=O)c1ncccc1O. The summed E-state index contributed by atoms with van der Waals surface area (Å²) in [7, 11) is 0. The van der Waals surface area contributed by atoms with E-state index in [1.165, 1.54) is 32.2 Å². The van der Waals surface area contributed by atoms with E-state index in [9.17, 15) is 29.4 Å². The number of cyclic esters (lactones) is 2. The van der Waals surface area contributed by atoms with E-state index >= 15 is 0 Å². The van der Waals surface area contributed by atoms with Crippen molar-refractivity contribution in [2.75, 3.05) is 0 Å². The first kappa shape index (κ1) is 30.1. The number of pyridine rings is 2. The van der Waals surface area contributed by atoms with Crippen molar-refractivity contribution >= 4 is 23.8 Å². The highest BCUT2D eigenvalue weighted by atomic mass is 16.6. The third-order valence-electron chi connectivity index (χ3n) is 6.93. The van der Waals surface area contributed by atoms with Crippen LogP contribution < -0.4 is 10.6 Å². The van der Waals surface area contributed by atoms with E-state index in [-0.39, 0.29) is 18.5 Å². The lowest BCUT2D eigenvalue weighted by Gasteiger charge is -2.33. The summed E-state index contributed by atoms with van der Waals surface area (Å²) < 4.78 is 11.1. The molecule has 12 heteroatoms. The van der Waals surface area contributed by atoms with Gasteiger partial charge in [0.15, 0.2) is 5.69 Å². The number of nitrogens with one attached hydrogen (secondary N) is 2. The first-order chi connectivity index (χ1) is 20.1. The number of aliphatic hydroxyl groups excluding tert-OH is 1. The monoisotopic (exact) mass is 576 g/mol. The lowest BCUT2D eigenvalue weighted by atomic mass is 9.92. The van der Waals surface area contributed by atoms with Gasteiger partial charge in [-0.05, 0) is 49.6 Å². The highest BCUT2D eigenvalue weighted by Gasteiger charge is 2.40. The number of aromatic nitrogens is 2. The van der Waals surface area contributed by atoms with Crippen molar-refractivity contribution in [2.45, 2.75) is 57.1 Å². The first-order valence-electron chi connectivity index (χ1n) is 13.4. The number of hydrogen-bond donors (Lipinski definition) is 4. The number of carbonyl (C=O) groups excluding carboxylic acids is 4. The van der Waals surface area contributed by atoms with Gasteiger partial charge in [-0.3, -0.25) is 19.4 Å². The number of nitrogens with zero attached hydrogens (tertiary/aromatic N) is 2. The average molecular weight is 577 g/mol. The number of aliphatic hydroxyl groups is 1. The van der Waals surface area contributed by atoms with Gasteiger partial charge in [-0.1, -0.05) is 36.4 Å². The van der Waals surface area contributed by atoms with Gasteiger partial charge in [0.1, 0.15) is 17.9 Å². The minimum absolute atomic E-state index is 0.0227. The molecule has 1 aliphatic heterocycles. The van der Waals surface area contributed by atoms with Crippen molar-refractivity contribution < 1.29 is 38.9 Å². The topological polar surface area (TPSA) is 177 Å². The Labute approximate surface area is 242 Å². The van der Waals surface area contributed by atoms with Crippen LogP contribution in [0.4, 0.5) is 0 Å². The summed E-state index contributed by atoms with van der Waals surface area (Å²) in [5.41, 5.74) is 1.00. The Morgan fingerprint density at radius 1 is 0.929 bits per heavy atom. The van der Waals surface area contributed by atoms with Crippen LogP contribution in [0.5, 0.6) is 5.75 Å². The molecule has 0 radical (unpaired) electrons. The molecule has 2 amide bonds. The predicted octanol–water partition coefficient (Wildman–Crippen LogP) is 1.10. The summed E-state index contributed by atoms with van der Waals surface area (Å²) in [6.45, 7) is 2.82. The van der Waals surface area contributed by atoms with Gasteiger partial charge < -0.3 is 30.3 Å². The van der Waals surface area contributed by atoms with Gasteiger partial charge in [0, 0.05) is 25.0 Å². The predicted molar refractivity (Wildman–Crippen MR) is 148 cm³/mol. The molecule has 12 nitrogen and oxygen atoms in total. The van der Waals surface area contributed by atoms with Gasteiger partial charge in [0.25, 0.3) is 5.91 Å². The van der Waals surface area contributed by atoms with E-state index in [2.05, 4.69) is 20.6 Å². The minimum atomic E-state index is -1.48. The van der Waals surface area contributed by atoms with E-state index in [1.807, 2.05) is 0 Å². The van der Waals surface area contributed by atoms with Crippen molar-refractivity contribution in [1.82, 2.24) is 20.6 Å². The standard InChI is InChI=1S/C30H32N4O8/c1-17-26(36)21(14-20-10-6-12-31-16-20)33-27(37)24(34-28(38)25-22(35)11-7-13-32-25)18(2)41-30(40)23(42-29(17)39)15-19-8-4-3-5-9-19/h3-13,16-18,21,23-24,26,35-36H,14-15H2,1-2H3,(H,33,37)(H,34,38)/t17-,18-,21+,23?,24+,26+/m1/s1. The fourth-order valence-electron chi connectivity index (χ4n) is 4.54. The number of aromatic hydroxyl groups is 1. The molecule has 4 rings (SSSR count). The molecule has 6 atom stereocenters. The highest BCUT2D eigenvalue weighted by molar-refractivity contribution is 5.98. The number of esters is 2. The second kappa shape index (κ2) is 13.7. The van der Waals surface area contributed by atoms with Crippen LogP contribution in [0.15, 0.2) is 73.2 Å². The number of ether oxygens (including phenoxy) is 2. The minimum Gasteiger partial charge on any atom is -0.505 e. The maximum absolute atomic E-state index is 13.7. The van der Waals surface area contributed by atoms with E-state index in [4.69, 9.17) is 9.47 Å². The summed E-state index contributed by atoms with van der Waals surface area (Å²) in [6, 6.07) is 12.4. The Kier molecular flexibility index (Phi) is 9.81. The zero-order chi connectivity index (χ0) is 30.2. The molecule has 1 fully saturated rings. The Hall–Kier alpha value is -4.84. The van der Waals surface area contributed by atoms with Gasteiger partial charge in [-0.2, -0.15) is 0 Å². The molecular formula is C30H32N4O8. The molecule has 0 bridgehead atoms. The lowest BCUT2D eigenvalue weighted by Crippen LogP contribution is -2.59. The van der Waals surface area contributed by atoms with Crippen molar-refractivity contribution in [3.63, 3.8) is 0 Å². The second-order valence-corrected chi connectivity index (χ2v) is 10.0. The summed E-state index contributed by atoms with van der Waals surface area (Å²) in [4.78, 5) is 61.1. The molecule has 1 aliphatic rings. The molecule has 2 aromatic heterocycles. The molecule has 0 spiro atoms. The van der Waals surface area contributed by atoms with Crippen LogP contribution >= 0.6 is 0 Å². The van der Waals surface area contributed by atoms with Crippen LogP contribution in [0.1, 0.15) is 35.5 Å². The molecule has 42 heavy (non-hydrogen) atoms. The molecule has 0 saturated carbocycles. The third-order valence-corrected chi connectivity index (χ3v) is 6.93. The summed E-state index contributed by atoms with van der Waals surface area (Å²) >= 11 is 0. The largest absolute Gasteiger partial charge is 0.505 e. The number of amides is 2. The molecule has 1 aromatic carbocycles. The molecule has 1 unspecified atom stereocenters. The summed E-state index contributed by atoms with van der Waals surface area (Å²) in [5, 5.41) is 26.6. The molecule has 1 saturated heterocycles. The number of hydrogen-bond acceptors (Lipinski definition) is 10. The van der Waals surface area contributed by atoms with Crippen LogP contribution in [0, 0.1) is 5.92 Å². The van der Waals surface area contributed by atoms with Crippen molar-refractivity contribution in [1.29, 1.82) is 0 Å². The summed E-state index contributed by atoms with van der Waals surface area (Å²) in [5.74, 6) is -5.06. The van der Waals surface area contributed by atoms with Crippen LogP contribution in [0.25, 0.3) is 0 Å². The van der Waals surface area contributed by atoms with E-state index in [0.717, 1.165) is 0 Å². The fraction of sp³-hybridized carbons (Fsp3) is 0.333. The first-order valence-corrected chi connectivity index (χ1v) is 13.4. The quantitative estimate of drug-likeness (QED) is 0.311. The van der Waals surface area contributed by atoms with Crippen LogP contribution in [0.2, 0.25) is 0 Å². The van der Waals surface area contributed by atoms with Crippen molar-refractivity contribution in [2.24, 2.45) is 5.92 Å². The zero-order valence-corrected chi connectivity index (χ0v) is 23.0. The van der Waals surface area contributed by atoms with E-state index < -0.39 is 65.8 Å². The smallest absolute Gasteiger partial charge is 0.348 e. The van der Waals surface area contributed by atoms with Crippen molar-refractivity contribution in [3.05, 3.63) is 90.0 Å². The van der Waals surface area contributed by atoms with Gasteiger partial charge in [0.2, 0.25) is 12.0 Å². The maximum atomic E-state index is 13.7. The molecule has 3 heterocycles. The van der Waals surface area contributed by atoms with E-state index in [1.54, 1.807) is 54.9 Å².